The van der Waals surface area contributed by atoms with E-state index in [1.165, 1.54) is 6.21 Å². The average molecular weight is 231 g/mol. The van der Waals surface area contributed by atoms with E-state index in [0.29, 0.717) is 16.5 Å². The van der Waals surface area contributed by atoms with Gasteiger partial charge in [-0.25, -0.2) is 4.39 Å². The molecule has 0 aliphatic carbocycles. The number of hydrogen-bond acceptors (Lipinski definition) is 2. The van der Waals surface area contributed by atoms with Gasteiger partial charge in [0.2, 0.25) is 0 Å². The van der Waals surface area contributed by atoms with Crippen LogP contribution in [0.5, 0.6) is 0 Å². The number of nitrogens with two attached hydrogens (primary N) is 1. The van der Waals surface area contributed by atoms with Gasteiger partial charge in [-0.05, 0) is 5.56 Å². The summed E-state index contributed by atoms with van der Waals surface area (Å²) in [6.07, 6.45) is 1.29. The smallest absolute Gasteiger partial charge is 0.136 e. The summed E-state index contributed by atoms with van der Waals surface area (Å²) >= 11 is 3.18. The third kappa shape index (κ3) is 1.82. The van der Waals surface area contributed by atoms with Crippen molar-refractivity contribution in [3.8, 4) is 0 Å². The second kappa shape index (κ2) is 4.21. The van der Waals surface area contributed by atoms with E-state index in [9.17, 15) is 4.39 Å². The molecular weight excluding hydrogens is 223 g/mol. The highest BCUT2D eigenvalue weighted by molar-refractivity contribution is 9.08. The van der Waals surface area contributed by atoms with E-state index in [1.54, 1.807) is 18.2 Å². The predicted molar refractivity (Wildman–Crippen MR) is 50.8 cm³/mol. The van der Waals surface area contributed by atoms with Gasteiger partial charge in [0.05, 0.1) is 6.21 Å². The lowest BCUT2D eigenvalue weighted by Crippen LogP contribution is -1.94. The highest BCUT2D eigenvalue weighted by atomic mass is 79.9. The molecule has 0 fully saturated rings. The Balaban J connectivity index is 3.13. The summed E-state index contributed by atoms with van der Waals surface area (Å²) < 4.78 is 13.3. The average Bonchev–Trinajstić information content (AvgIpc) is 2.09. The molecule has 64 valence electrons. The number of halogens is 2. The Labute approximate surface area is 78.4 Å². The number of hydrazone groups is 1. The van der Waals surface area contributed by atoms with E-state index >= 15 is 0 Å². The van der Waals surface area contributed by atoms with Crippen LogP contribution in [-0.2, 0) is 5.33 Å². The molecule has 2 N–H and O–H groups in total. The van der Waals surface area contributed by atoms with Gasteiger partial charge in [0.15, 0.2) is 0 Å². The Morgan fingerprint density at radius 1 is 1.58 bits per heavy atom. The van der Waals surface area contributed by atoms with E-state index in [2.05, 4.69) is 21.0 Å². The van der Waals surface area contributed by atoms with Crippen LogP contribution in [-0.4, -0.2) is 6.21 Å². The molecule has 0 heterocycles. The zero-order valence-electron chi connectivity index (χ0n) is 6.30. The molecule has 12 heavy (non-hydrogen) atoms. The topological polar surface area (TPSA) is 38.4 Å². The zero-order valence-corrected chi connectivity index (χ0v) is 7.88. The predicted octanol–water partition coefficient (Wildman–Crippen LogP) is 2.01. The SMILES string of the molecule is NN=Cc1cccc(CBr)c1F. The third-order valence-corrected chi connectivity index (χ3v) is 2.07. The fourth-order valence-electron chi connectivity index (χ4n) is 0.883. The van der Waals surface area contributed by atoms with Gasteiger partial charge >= 0.3 is 0 Å². The summed E-state index contributed by atoms with van der Waals surface area (Å²) in [5.74, 6) is 4.64. The minimum atomic E-state index is -0.274. The van der Waals surface area contributed by atoms with Crippen molar-refractivity contribution in [2.75, 3.05) is 0 Å². The molecule has 1 aromatic rings. The molecule has 0 spiro atoms. The van der Waals surface area contributed by atoms with Crippen LogP contribution in [0.3, 0.4) is 0 Å². The largest absolute Gasteiger partial charge is 0.323 e. The van der Waals surface area contributed by atoms with Crippen molar-refractivity contribution in [2.45, 2.75) is 5.33 Å². The Morgan fingerprint density at radius 2 is 2.33 bits per heavy atom. The highest BCUT2D eigenvalue weighted by Gasteiger charge is 2.03. The molecule has 0 saturated carbocycles. The molecule has 0 radical (unpaired) electrons. The van der Waals surface area contributed by atoms with Gasteiger partial charge in [-0.1, -0.05) is 34.1 Å². The lowest BCUT2D eigenvalue weighted by atomic mass is 10.1. The van der Waals surface area contributed by atoms with Gasteiger partial charge in [-0.15, -0.1) is 0 Å². The molecule has 0 unspecified atom stereocenters. The summed E-state index contributed by atoms with van der Waals surface area (Å²) in [5, 5.41) is 3.75. The van der Waals surface area contributed by atoms with Gasteiger partial charge in [0.25, 0.3) is 0 Å². The molecule has 1 rings (SSSR count). The molecular formula is C8H8BrFN2. The van der Waals surface area contributed by atoms with Gasteiger partial charge in [0, 0.05) is 10.9 Å². The summed E-state index contributed by atoms with van der Waals surface area (Å²) in [4.78, 5) is 0. The van der Waals surface area contributed by atoms with E-state index < -0.39 is 0 Å². The van der Waals surface area contributed by atoms with Crippen LogP contribution in [0.4, 0.5) is 4.39 Å². The molecule has 1 aromatic carbocycles. The molecule has 0 atom stereocenters. The molecule has 0 bridgehead atoms. The number of benzene rings is 1. The first-order valence-electron chi connectivity index (χ1n) is 3.36. The second-order valence-corrected chi connectivity index (χ2v) is 2.79. The highest BCUT2D eigenvalue weighted by Crippen LogP contribution is 2.13. The summed E-state index contributed by atoms with van der Waals surface area (Å²) in [7, 11) is 0. The first kappa shape index (κ1) is 9.19. The zero-order chi connectivity index (χ0) is 8.97. The summed E-state index contributed by atoms with van der Waals surface area (Å²) in [6.45, 7) is 0. The van der Waals surface area contributed by atoms with Crippen LogP contribution >= 0.6 is 15.9 Å². The Hall–Kier alpha value is -0.900. The van der Waals surface area contributed by atoms with Crippen LogP contribution in [0.15, 0.2) is 23.3 Å². The standard InChI is InChI=1S/C8H8BrFN2/c9-4-6-2-1-3-7(5-12-11)8(6)10/h1-3,5H,4,11H2. The van der Waals surface area contributed by atoms with Gasteiger partial charge in [-0.3, -0.25) is 0 Å². The van der Waals surface area contributed by atoms with Gasteiger partial charge < -0.3 is 5.84 Å². The molecule has 4 heteroatoms. The van der Waals surface area contributed by atoms with E-state index in [0.717, 1.165) is 0 Å². The Kier molecular flexibility index (Phi) is 3.22. The number of alkyl halides is 1. The van der Waals surface area contributed by atoms with Crippen LogP contribution in [0.25, 0.3) is 0 Å². The van der Waals surface area contributed by atoms with Crippen molar-refractivity contribution in [2.24, 2.45) is 10.9 Å². The van der Waals surface area contributed by atoms with Crippen LogP contribution < -0.4 is 5.84 Å². The van der Waals surface area contributed by atoms with E-state index in [1.807, 2.05) is 0 Å². The van der Waals surface area contributed by atoms with Crippen molar-refractivity contribution in [3.63, 3.8) is 0 Å². The van der Waals surface area contributed by atoms with Crippen molar-refractivity contribution >= 4 is 22.1 Å². The van der Waals surface area contributed by atoms with Crippen molar-refractivity contribution in [1.29, 1.82) is 0 Å². The van der Waals surface area contributed by atoms with E-state index in [4.69, 9.17) is 5.84 Å². The van der Waals surface area contributed by atoms with Crippen molar-refractivity contribution in [1.82, 2.24) is 0 Å². The maximum Gasteiger partial charge on any atom is 0.136 e. The minimum Gasteiger partial charge on any atom is -0.323 e. The fraction of sp³-hybridized carbons (Fsp3) is 0.125. The first-order valence-corrected chi connectivity index (χ1v) is 4.48. The molecule has 0 saturated heterocycles. The van der Waals surface area contributed by atoms with Crippen molar-refractivity contribution < 1.29 is 4.39 Å². The normalized spacial score (nSPS) is 10.8. The Bertz CT molecular complexity index is 299. The minimum absolute atomic E-state index is 0.274. The third-order valence-electron chi connectivity index (χ3n) is 1.47. The number of nitrogens with zero attached hydrogens (tertiary/aromatic N) is 1. The molecule has 2 nitrogen and oxygen atoms in total. The molecule has 0 aliphatic heterocycles. The Morgan fingerprint density at radius 3 is 2.92 bits per heavy atom. The maximum atomic E-state index is 13.3. The maximum absolute atomic E-state index is 13.3. The lowest BCUT2D eigenvalue weighted by molar-refractivity contribution is 0.616. The van der Waals surface area contributed by atoms with Gasteiger partial charge in [-0.2, -0.15) is 5.10 Å². The van der Waals surface area contributed by atoms with Crippen LogP contribution in [0.1, 0.15) is 11.1 Å². The fourth-order valence-corrected chi connectivity index (χ4v) is 1.32. The first-order chi connectivity index (χ1) is 5.79. The van der Waals surface area contributed by atoms with Crippen molar-refractivity contribution in [3.05, 3.63) is 35.1 Å². The van der Waals surface area contributed by atoms with Crippen LogP contribution in [0.2, 0.25) is 0 Å². The quantitative estimate of drug-likeness (QED) is 0.359. The molecule has 0 aromatic heterocycles. The summed E-state index contributed by atoms with van der Waals surface area (Å²) in [6, 6.07) is 5.09. The van der Waals surface area contributed by atoms with E-state index in [-0.39, 0.29) is 5.82 Å². The monoisotopic (exact) mass is 230 g/mol. The second-order valence-electron chi connectivity index (χ2n) is 2.23. The molecule has 0 aliphatic rings. The van der Waals surface area contributed by atoms with Crippen LogP contribution in [0, 0.1) is 5.82 Å². The number of hydrogen-bond donors (Lipinski definition) is 1. The molecule has 0 amide bonds. The lowest BCUT2D eigenvalue weighted by Gasteiger charge is -2.00. The van der Waals surface area contributed by atoms with Gasteiger partial charge in [0.1, 0.15) is 5.82 Å². The summed E-state index contributed by atoms with van der Waals surface area (Å²) in [5.41, 5.74) is 1.02. The number of rotatable bonds is 2.